The molecule has 2 aliphatic heterocycles. The lowest BCUT2D eigenvalue weighted by Gasteiger charge is -2.30. The van der Waals surface area contributed by atoms with Crippen molar-refractivity contribution in [3.63, 3.8) is 0 Å². The third kappa shape index (κ3) is 7.67. The molecule has 0 saturated carbocycles. The van der Waals surface area contributed by atoms with Gasteiger partial charge in [0.05, 0.1) is 0 Å². The Labute approximate surface area is 168 Å². The van der Waals surface area contributed by atoms with Gasteiger partial charge in [-0.15, -0.1) is 0 Å². The Hall–Kier alpha value is -1.80. The van der Waals surface area contributed by atoms with Crippen molar-refractivity contribution in [2.75, 3.05) is 26.2 Å². The molecule has 158 valence electrons. The Balaban J connectivity index is 1.62. The maximum Gasteiger partial charge on any atom is 0.240 e. The van der Waals surface area contributed by atoms with Crippen LogP contribution in [0.1, 0.15) is 66.2 Å². The largest absolute Gasteiger partial charge is 0.300 e. The van der Waals surface area contributed by atoms with Crippen LogP contribution in [-0.2, 0) is 9.59 Å². The van der Waals surface area contributed by atoms with Crippen molar-refractivity contribution in [3.8, 4) is 0 Å². The number of rotatable bonds is 7. The molecule has 2 fully saturated rings. The Morgan fingerprint density at radius 1 is 0.750 bits per heavy atom. The highest BCUT2D eigenvalue weighted by molar-refractivity contribution is 5.89. The van der Waals surface area contributed by atoms with E-state index < -0.39 is 0 Å². The minimum absolute atomic E-state index is 0.118. The lowest BCUT2D eigenvalue weighted by atomic mass is 10.1. The SMILES string of the molecule is CC(C)N1CCC(=NNC(=O)CCC(=O)NN=C2CCN(C(C)C)CC2)CC1. The predicted octanol–water partition coefficient (Wildman–Crippen LogP) is 1.72. The van der Waals surface area contributed by atoms with E-state index in [1.807, 2.05) is 0 Å². The Morgan fingerprint density at radius 2 is 1.07 bits per heavy atom. The van der Waals surface area contributed by atoms with Gasteiger partial charge in [-0.2, -0.15) is 10.2 Å². The molecule has 0 unspecified atom stereocenters. The topological polar surface area (TPSA) is 89.4 Å². The summed E-state index contributed by atoms with van der Waals surface area (Å²) in [5.74, 6) is -0.460. The van der Waals surface area contributed by atoms with Gasteiger partial charge >= 0.3 is 0 Å². The first-order valence-electron chi connectivity index (χ1n) is 10.5. The normalized spacial score (nSPS) is 19.1. The molecule has 2 rings (SSSR count). The molecule has 0 aliphatic carbocycles. The van der Waals surface area contributed by atoms with Crippen molar-refractivity contribution in [2.24, 2.45) is 10.2 Å². The molecule has 8 heteroatoms. The van der Waals surface area contributed by atoms with E-state index in [4.69, 9.17) is 0 Å². The van der Waals surface area contributed by atoms with Crippen LogP contribution in [0.15, 0.2) is 10.2 Å². The van der Waals surface area contributed by atoms with Crippen LogP contribution in [0.5, 0.6) is 0 Å². The van der Waals surface area contributed by atoms with Crippen LogP contribution < -0.4 is 10.9 Å². The fourth-order valence-electron chi connectivity index (χ4n) is 3.44. The molecule has 0 bridgehead atoms. The van der Waals surface area contributed by atoms with Crippen LogP contribution in [0.2, 0.25) is 0 Å². The Bertz CT molecular complexity index is 528. The molecule has 2 saturated heterocycles. The summed E-state index contributed by atoms with van der Waals surface area (Å²) in [6.07, 6.45) is 3.75. The fourth-order valence-corrected chi connectivity index (χ4v) is 3.44. The van der Waals surface area contributed by atoms with Crippen LogP contribution in [-0.4, -0.2) is 71.3 Å². The zero-order chi connectivity index (χ0) is 20.5. The first kappa shape index (κ1) is 22.5. The van der Waals surface area contributed by atoms with Gasteiger partial charge in [0.1, 0.15) is 0 Å². The maximum absolute atomic E-state index is 11.9. The van der Waals surface area contributed by atoms with Crippen molar-refractivity contribution < 1.29 is 9.59 Å². The van der Waals surface area contributed by atoms with E-state index in [0.29, 0.717) is 12.1 Å². The van der Waals surface area contributed by atoms with Crippen molar-refractivity contribution in [2.45, 2.75) is 78.3 Å². The molecule has 0 atom stereocenters. The van der Waals surface area contributed by atoms with Gasteiger partial charge in [-0.1, -0.05) is 0 Å². The highest BCUT2D eigenvalue weighted by atomic mass is 16.2. The maximum atomic E-state index is 11.9. The summed E-state index contributed by atoms with van der Waals surface area (Å²) >= 11 is 0. The number of nitrogens with one attached hydrogen (secondary N) is 2. The number of piperidine rings is 2. The third-order valence-corrected chi connectivity index (χ3v) is 5.47. The molecule has 0 aromatic carbocycles. The number of amides is 2. The molecule has 0 aromatic rings. The van der Waals surface area contributed by atoms with Gasteiger partial charge in [0.15, 0.2) is 0 Å². The van der Waals surface area contributed by atoms with Crippen molar-refractivity contribution >= 4 is 23.2 Å². The minimum atomic E-state index is -0.230. The standard InChI is InChI=1S/C20H36N6O2/c1-15(2)25-11-7-17(8-12-25)21-23-19(27)5-6-20(28)24-22-18-9-13-26(14-10-18)16(3)4/h15-16H,5-14H2,1-4H3,(H,23,27)(H,24,28). The van der Waals surface area contributed by atoms with E-state index in [1.54, 1.807) is 0 Å². The second-order valence-corrected chi connectivity index (χ2v) is 8.19. The lowest BCUT2D eigenvalue weighted by Crippen LogP contribution is -2.39. The molecule has 0 aromatic heterocycles. The monoisotopic (exact) mass is 392 g/mol. The van der Waals surface area contributed by atoms with Crippen molar-refractivity contribution in [1.82, 2.24) is 20.7 Å². The van der Waals surface area contributed by atoms with Crippen molar-refractivity contribution in [3.05, 3.63) is 0 Å². The van der Waals surface area contributed by atoms with Gasteiger partial charge in [-0.25, -0.2) is 10.9 Å². The average Bonchev–Trinajstić information content (AvgIpc) is 2.69. The summed E-state index contributed by atoms with van der Waals surface area (Å²) in [6.45, 7) is 12.7. The third-order valence-electron chi connectivity index (χ3n) is 5.47. The Morgan fingerprint density at radius 3 is 1.36 bits per heavy atom. The highest BCUT2D eigenvalue weighted by Crippen LogP contribution is 2.11. The molecule has 2 heterocycles. The van der Waals surface area contributed by atoms with Crippen LogP contribution in [0.3, 0.4) is 0 Å². The first-order chi connectivity index (χ1) is 13.3. The summed E-state index contributed by atoms with van der Waals surface area (Å²) in [5, 5.41) is 8.44. The predicted molar refractivity (Wildman–Crippen MR) is 112 cm³/mol. The van der Waals surface area contributed by atoms with E-state index in [0.717, 1.165) is 63.3 Å². The number of hydrogen-bond acceptors (Lipinski definition) is 6. The summed E-state index contributed by atoms with van der Waals surface area (Å²) in [4.78, 5) is 28.6. The second kappa shape index (κ2) is 11.3. The fraction of sp³-hybridized carbons (Fsp3) is 0.800. The van der Waals surface area contributed by atoms with Crippen LogP contribution in [0, 0.1) is 0 Å². The molecule has 2 amide bonds. The minimum Gasteiger partial charge on any atom is -0.300 e. The van der Waals surface area contributed by atoms with E-state index in [-0.39, 0.29) is 24.7 Å². The van der Waals surface area contributed by atoms with Gasteiger partial charge < -0.3 is 9.80 Å². The number of likely N-dealkylation sites (tertiary alicyclic amines) is 2. The van der Waals surface area contributed by atoms with Gasteiger partial charge in [-0.05, 0) is 27.7 Å². The number of carbonyl (C=O) groups excluding carboxylic acids is 2. The summed E-state index contributed by atoms with van der Waals surface area (Å²) in [5.41, 5.74) is 7.21. The highest BCUT2D eigenvalue weighted by Gasteiger charge is 2.18. The first-order valence-corrected chi connectivity index (χ1v) is 10.5. The molecule has 0 spiro atoms. The Kier molecular flexibility index (Phi) is 9.05. The van der Waals surface area contributed by atoms with Crippen LogP contribution in [0.25, 0.3) is 0 Å². The number of hydrazone groups is 2. The van der Waals surface area contributed by atoms with Crippen LogP contribution >= 0.6 is 0 Å². The summed E-state index contributed by atoms with van der Waals surface area (Å²) in [7, 11) is 0. The smallest absolute Gasteiger partial charge is 0.240 e. The molecule has 28 heavy (non-hydrogen) atoms. The zero-order valence-electron chi connectivity index (χ0n) is 17.8. The molecule has 8 nitrogen and oxygen atoms in total. The summed E-state index contributed by atoms with van der Waals surface area (Å²) in [6, 6.07) is 1.09. The summed E-state index contributed by atoms with van der Waals surface area (Å²) < 4.78 is 0. The van der Waals surface area contributed by atoms with Gasteiger partial charge in [-0.3, -0.25) is 9.59 Å². The van der Waals surface area contributed by atoms with E-state index >= 15 is 0 Å². The van der Waals surface area contributed by atoms with E-state index in [9.17, 15) is 9.59 Å². The lowest BCUT2D eigenvalue weighted by molar-refractivity contribution is -0.126. The molecule has 2 aliphatic rings. The second-order valence-electron chi connectivity index (χ2n) is 8.19. The number of carbonyl (C=O) groups is 2. The quantitative estimate of drug-likeness (QED) is 0.646. The van der Waals surface area contributed by atoms with Crippen LogP contribution in [0.4, 0.5) is 0 Å². The van der Waals surface area contributed by atoms with Gasteiger partial charge in [0.25, 0.3) is 0 Å². The average molecular weight is 393 g/mol. The molecular weight excluding hydrogens is 356 g/mol. The van der Waals surface area contributed by atoms with Crippen molar-refractivity contribution in [1.29, 1.82) is 0 Å². The van der Waals surface area contributed by atoms with Gasteiger partial charge in [0, 0.05) is 88.2 Å². The molecular formula is C20H36N6O2. The van der Waals surface area contributed by atoms with E-state index in [1.165, 1.54) is 0 Å². The van der Waals surface area contributed by atoms with E-state index in [2.05, 4.69) is 58.5 Å². The number of hydrogen-bond donors (Lipinski definition) is 2. The van der Waals surface area contributed by atoms with Gasteiger partial charge in [0.2, 0.25) is 11.8 Å². The molecule has 2 N–H and O–H groups in total. The molecule has 0 radical (unpaired) electrons. The number of nitrogens with zero attached hydrogens (tertiary/aromatic N) is 4. The zero-order valence-corrected chi connectivity index (χ0v) is 17.8.